The van der Waals surface area contributed by atoms with E-state index in [2.05, 4.69) is 22.4 Å². The first-order valence-electron chi connectivity index (χ1n) is 6.82. The lowest BCUT2D eigenvalue weighted by Crippen LogP contribution is -2.10. The Balaban J connectivity index is 1.72. The van der Waals surface area contributed by atoms with Crippen LogP contribution in [0.1, 0.15) is 30.0 Å². The molecule has 2 aromatic rings. The van der Waals surface area contributed by atoms with E-state index in [1.165, 1.54) is 24.6 Å². The number of nitrogens with one attached hydrogen (secondary N) is 2. The summed E-state index contributed by atoms with van der Waals surface area (Å²) in [6.45, 7) is 0.422. The van der Waals surface area contributed by atoms with Crippen LogP contribution >= 0.6 is 0 Å². The number of aliphatic carboxylic acids is 1. The molecule has 1 aliphatic carbocycles. The van der Waals surface area contributed by atoms with Crippen LogP contribution in [-0.2, 0) is 11.3 Å². The van der Waals surface area contributed by atoms with E-state index in [1.807, 2.05) is 16.8 Å². The normalized spacial score (nSPS) is 15.1. The SMILES string of the molecule is N=C/C(=C\NCc1cn2ccc(C3CC3)cc2n1)C(=O)O. The third-order valence-electron chi connectivity index (χ3n) is 3.53. The largest absolute Gasteiger partial charge is 0.478 e. The van der Waals surface area contributed by atoms with Crippen LogP contribution in [0.5, 0.6) is 0 Å². The van der Waals surface area contributed by atoms with E-state index in [0.717, 1.165) is 17.6 Å². The maximum Gasteiger partial charge on any atom is 0.338 e. The number of carboxylic acids is 1. The summed E-state index contributed by atoms with van der Waals surface area (Å²) >= 11 is 0. The van der Waals surface area contributed by atoms with Crippen molar-refractivity contribution in [2.24, 2.45) is 0 Å². The molecule has 0 aromatic carbocycles. The molecule has 2 heterocycles. The molecule has 108 valence electrons. The number of carbonyl (C=O) groups is 1. The smallest absolute Gasteiger partial charge is 0.338 e. The molecule has 2 aromatic heterocycles. The monoisotopic (exact) mass is 284 g/mol. The van der Waals surface area contributed by atoms with Crippen LogP contribution < -0.4 is 5.32 Å². The number of fused-ring (bicyclic) bond motifs is 1. The molecule has 0 aliphatic heterocycles. The summed E-state index contributed by atoms with van der Waals surface area (Å²) in [5.74, 6) is -0.427. The molecule has 0 bridgehead atoms. The summed E-state index contributed by atoms with van der Waals surface area (Å²) in [5, 5.41) is 18.7. The predicted molar refractivity (Wildman–Crippen MR) is 78.5 cm³/mol. The van der Waals surface area contributed by atoms with Crippen molar-refractivity contribution in [2.75, 3.05) is 0 Å². The van der Waals surface area contributed by atoms with Crippen molar-refractivity contribution in [1.29, 1.82) is 5.41 Å². The van der Waals surface area contributed by atoms with Crippen LogP contribution in [0.4, 0.5) is 0 Å². The van der Waals surface area contributed by atoms with E-state index in [9.17, 15) is 4.79 Å². The van der Waals surface area contributed by atoms with Crippen molar-refractivity contribution in [3.63, 3.8) is 0 Å². The van der Waals surface area contributed by atoms with Gasteiger partial charge in [0.2, 0.25) is 0 Å². The molecule has 21 heavy (non-hydrogen) atoms. The highest BCUT2D eigenvalue weighted by atomic mass is 16.4. The zero-order valence-electron chi connectivity index (χ0n) is 11.4. The number of rotatable bonds is 6. The van der Waals surface area contributed by atoms with Crippen LogP contribution in [0, 0.1) is 5.41 Å². The Morgan fingerprint density at radius 1 is 1.57 bits per heavy atom. The summed E-state index contributed by atoms with van der Waals surface area (Å²) in [6, 6.07) is 4.23. The highest BCUT2D eigenvalue weighted by molar-refractivity contribution is 6.07. The van der Waals surface area contributed by atoms with Gasteiger partial charge in [-0.2, -0.15) is 0 Å². The molecule has 3 N–H and O–H groups in total. The summed E-state index contributed by atoms with van der Waals surface area (Å²) in [4.78, 5) is 15.3. The third-order valence-corrected chi connectivity index (χ3v) is 3.53. The van der Waals surface area contributed by atoms with Gasteiger partial charge in [0.15, 0.2) is 0 Å². The minimum Gasteiger partial charge on any atom is -0.478 e. The van der Waals surface area contributed by atoms with Crippen molar-refractivity contribution < 1.29 is 9.90 Å². The van der Waals surface area contributed by atoms with Gasteiger partial charge in [0.25, 0.3) is 0 Å². The van der Waals surface area contributed by atoms with Gasteiger partial charge >= 0.3 is 5.97 Å². The number of hydrogen-bond donors (Lipinski definition) is 3. The molecule has 6 heteroatoms. The fraction of sp³-hybridized carbons (Fsp3) is 0.267. The van der Waals surface area contributed by atoms with Crippen molar-refractivity contribution in [1.82, 2.24) is 14.7 Å². The Hall–Kier alpha value is -2.63. The first-order valence-corrected chi connectivity index (χ1v) is 6.82. The predicted octanol–water partition coefficient (Wildman–Crippen LogP) is 1.92. The minimum absolute atomic E-state index is 0.0882. The molecule has 0 spiro atoms. The van der Waals surface area contributed by atoms with Crippen LogP contribution in [0.3, 0.4) is 0 Å². The van der Waals surface area contributed by atoms with Crippen molar-refractivity contribution >= 4 is 17.8 Å². The second-order valence-corrected chi connectivity index (χ2v) is 5.16. The molecule has 0 atom stereocenters. The van der Waals surface area contributed by atoms with Gasteiger partial charge in [-0.3, -0.25) is 0 Å². The lowest BCUT2D eigenvalue weighted by atomic mass is 10.2. The molecular weight excluding hydrogens is 268 g/mol. The zero-order chi connectivity index (χ0) is 14.8. The summed E-state index contributed by atoms with van der Waals surface area (Å²) in [7, 11) is 0. The van der Waals surface area contributed by atoms with E-state index >= 15 is 0 Å². The first-order chi connectivity index (χ1) is 10.2. The Morgan fingerprint density at radius 3 is 3.05 bits per heavy atom. The highest BCUT2D eigenvalue weighted by Crippen LogP contribution is 2.40. The topological polar surface area (TPSA) is 90.5 Å². The summed E-state index contributed by atoms with van der Waals surface area (Å²) in [6.07, 6.45) is 8.57. The number of aromatic nitrogens is 2. The Labute approximate surface area is 121 Å². The fourth-order valence-electron chi connectivity index (χ4n) is 2.24. The Kier molecular flexibility index (Phi) is 3.43. The van der Waals surface area contributed by atoms with E-state index in [-0.39, 0.29) is 5.57 Å². The molecule has 0 amide bonds. The quantitative estimate of drug-likeness (QED) is 0.558. The maximum absolute atomic E-state index is 10.7. The van der Waals surface area contributed by atoms with Gasteiger partial charge in [-0.15, -0.1) is 0 Å². The van der Waals surface area contributed by atoms with Crippen molar-refractivity contribution in [3.05, 3.63) is 47.6 Å². The van der Waals surface area contributed by atoms with Crippen molar-refractivity contribution in [3.8, 4) is 0 Å². The second kappa shape index (κ2) is 5.40. The van der Waals surface area contributed by atoms with Gasteiger partial charge in [0.05, 0.1) is 17.8 Å². The average Bonchev–Trinajstić information content (AvgIpc) is 3.23. The molecule has 0 unspecified atom stereocenters. The number of pyridine rings is 1. The summed E-state index contributed by atoms with van der Waals surface area (Å²) in [5.41, 5.74) is 2.99. The lowest BCUT2D eigenvalue weighted by molar-refractivity contribution is -0.132. The molecule has 0 radical (unpaired) electrons. The Bertz CT molecular complexity index is 728. The molecule has 1 aliphatic rings. The Morgan fingerprint density at radius 2 is 2.38 bits per heavy atom. The third kappa shape index (κ3) is 2.94. The highest BCUT2D eigenvalue weighted by Gasteiger charge is 2.23. The van der Waals surface area contributed by atoms with E-state index < -0.39 is 5.97 Å². The van der Waals surface area contributed by atoms with Gasteiger partial charge in [-0.1, -0.05) is 0 Å². The van der Waals surface area contributed by atoms with Gasteiger partial charge < -0.3 is 20.2 Å². The number of nitrogens with zero attached hydrogens (tertiary/aromatic N) is 2. The van der Waals surface area contributed by atoms with E-state index in [0.29, 0.717) is 12.5 Å². The van der Waals surface area contributed by atoms with E-state index in [1.54, 1.807) is 0 Å². The van der Waals surface area contributed by atoms with Gasteiger partial charge in [0, 0.05) is 24.8 Å². The van der Waals surface area contributed by atoms with Crippen molar-refractivity contribution in [2.45, 2.75) is 25.3 Å². The van der Waals surface area contributed by atoms with Crippen LogP contribution in [0.2, 0.25) is 0 Å². The van der Waals surface area contributed by atoms with Crippen LogP contribution in [-0.4, -0.2) is 26.7 Å². The molecule has 3 rings (SSSR count). The number of hydrogen-bond acceptors (Lipinski definition) is 4. The van der Waals surface area contributed by atoms with Crippen LogP contribution in [0.25, 0.3) is 5.65 Å². The minimum atomic E-state index is -1.12. The molecule has 1 saturated carbocycles. The average molecular weight is 284 g/mol. The van der Waals surface area contributed by atoms with Gasteiger partial charge in [-0.25, -0.2) is 9.78 Å². The van der Waals surface area contributed by atoms with Gasteiger partial charge in [-0.05, 0) is 36.5 Å². The first kappa shape index (κ1) is 13.4. The molecular formula is C15H16N4O2. The standard InChI is InChI=1S/C15H16N4O2/c16-6-12(15(20)21)7-17-8-13-9-19-4-3-11(10-1-2-10)5-14(19)18-13/h3-7,9-10,16-17H,1-2,8H2,(H,20,21)/b12-7+,16-6?. The molecule has 1 fully saturated rings. The van der Waals surface area contributed by atoms with Gasteiger partial charge in [0.1, 0.15) is 5.65 Å². The summed E-state index contributed by atoms with van der Waals surface area (Å²) < 4.78 is 1.96. The fourth-order valence-corrected chi connectivity index (χ4v) is 2.24. The zero-order valence-corrected chi connectivity index (χ0v) is 11.4. The molecule has 0 saturated heterocycles. The number of carboxylic acid groups (broad SMARTS) is 1. The lowest BCUT2D eigenvalue weighted by Gasteiger charge is -1.97. The number of imidazole rings is 1. The second-order valence-electron chi connectivity index (χ2n) is 5.16. The molecule has 6 nitrogen and oxygen atoms in total. The maximum atomic E-state index is 10.7. The van der Waals surface area contributed by atoms with E-state index in [4.69, 9.17) is 10.5 Å². The van der Waals surface area contributed by atoms with Crippen LogP contribution in [0.15, 0.2) is 36.3 Å².